The summed E-state index contributed by atoms with van der Waals surface area (Å²) < 4.78 is 0. The summed E-state index contributed by atoms with van der Waals surface area (Å²) in [6, 6.07) is 13.7. The molecule has 2 atom stereocenters. The van der Waals surface area contributed by atoms with E-state index in [0.29, 0.717) is 30.6 Å². The normalized spacial score (nSPS) is 16.6. The van der Waals surface area contributed by atoms with Gasteiger partial charge in [-0.15, -0.1) is 11.8 Å². The molecule has 2 aromatic carbocycles. The van der Waals surface area contributed by atoms with Gasteiger partial charge < -0.3 is 21.1 Å². The average Bonchev–Trinajstić information content (AvgIpc) is 2.71. The molecule has 0 bridgehead atoms. The molecule has 1 heterocycles. The van der Waals surface area contributed by atoms with Crippen molar-refractivity contribution in [1.82, 2.24) is 10.2 Å². The molecular formula is C21H24N4O3S. The van der Waals surface area contributed by atoms with E-state index < -0.39 is 18.1 Å². The van der Waals surface area contributed by atoms with Crippen molar-refractivity contribution in [3.8, 4) is 0 Å². The van der Waals surface area contributed by atoms with Crippen molar-refractivity contribution in [2.75, 3.05) is 12.8 Å². The van der Waals surface area contributed by atoms with E-state index in [1.54, 1.807) is 42.5 Å². The molecule has 8 heteroatoms. The fourth-order valence-electron chi connectivity index (χ4n) is 3.14. The number of amides is 2. The number of benzene rings is 2. The van der Waals surface area contributed by atoms with E-state index in [9.17, 15) is 14.7 Å². The third-order valence-electron chi connectivity index (χ3n) is 4.98. The standard InChI is InChI=1S/C21H24N4O3S/c1-29-16-4-2-3-15(11-16)18(26)21(28)25-10-9-17(25)20(27)24-12-13-5-7-14(8-6-13)19(22)23/h2-8,11,17-18,26H,9-10,12H2,1H3,(H3,22,23)(H,24,27). The number of amidine groups is 1. The molecule has 0 aromatic heterocycles. The topological polar surface area (TPSA) is 120 Å². The van der Waals surface area contributed by atoms with Crippen LogP contribution in [0.1, 0.15) is 29.2 Å². The number of thioether (sulfide) groups is 1. The number of carbonyl (C=O) groups excluding carboxylic acids is 2. The van der Waals surface area contributed by atoms with E-state index in [1.165, 1.54) is 16.7 Å². The minimum Gasteiger partial charge on any atom is -0.384 e. The van der Waals surface area contributed by atoms with E-state index in [1.807, 2.05) is 12.3 Å². The Morgan fingerprint density at radius 3 is 2.62 bits per heavy atom. The van der Waals surface area contributed by atoms with Crippen LogP contribution in [-0.4, -0.2) is 46.5 Å². The molecule has 2 amide bonds. The summed E-state index contributed by atoms with van der Waals surface area (Å²) in [5, 5.41) is 20.7. The van der Waals surface area contributed by atoms with Crippen LogP contribution in [0.4, 0.5) is 0 Å². The van der Waals surface area contributed by atoms with Crippen LogP contribution in [0.3, 0.4) is 0 Å². The van der Waals surface area contributed by atoms with Gasteiger partial charge >= 0.3 is 0 Å². The number of hydrogen-bond donors (Lipinski definition) is 4. The molecule has 2 unspecified atom stereocenters. The second-order valence-electron chi connectivity index (χ2n) is 6.84. The fourth-order valence-corrected chi connectivity index (χ4v) is 3.61. The highest BCUT2D eigenvalue weighted by Crippen LogP contribution is 2.26. The molecular weight excluding hydrogens is 388 g/mol. The van der Waals surface area contributed by atoms with Crippen molar-refractivity contribution in [3.05, 3.63) is 65.2 Å². The molecule has 2 aromatic rings. The summed E-state index contributed by atoms with van der Waals surface area (Å²) in [5.74, 6) is -0.711. The highest BCUT2D eigenvalue weighted by atomic mass is 32.2. The van der Waals surface area contributed by atoms with Crippen LogP contribution in [0, 0.1) is 5.41 Å². The lowest BCUT2D eigenvalue weighted by atomic mass is 9.99. The maximum absolute atomic E-state index is 12.7. The molecule has 1 fully saturated rings. The lowest BCUT2D eigenvalue weighted by Gasteiger charge is -2.40. The van der Waals surface area contributed by atoms with Gasteiger partial charge in [-0.1, -0.05) is 36.4 Å². The van der Waals surface area contributed by atoms with Gasteiger partial charge in [-0.2, -0.15) is 0 Å². The largest absolute Gasteiger partial charge is 0.384 e. The van der Waals surface area contributed by atoms with Gasteiger partial charge in [0, 0.05) is 23.5 Å². The van der Waals surface area contributed by atoms with Crippen LogP contribution in [0.15, 0.2) is 53.4 Å². The molecule has 1 aliphatic heterocycles. The second-order valence-corrected chi connectivity index (χ2v) is 7.72. The summed E-state index contributed by atoms with van der Waals surface area (Å²) in [6.07, 6.45) is 1.21. The van der Waals surface area contributed by atoms with Crippen LogP contribution in [-0.2, 0) is 16.1 Å². The Kier molecular flexibility index (Phi) is 6.56. The van der Waals surface area contributed by atoms with Crippen LogP contribution in [0.2, 0.25) is 0 Å². The van der Waals surface area contributed by atoms with Crippen LogP contribution in [0.5, 0.6) is 0 Å². The molecule has 29 heavy (non-hydrogen) atoms. The van der Waals surface area contributed by atoms with Crippen LogP contribution in [0.25, 0.3) is 0 Å². The minimum absolute atomic E-state index is 0.00849. The first-order valence-corrected chi connectivity index (χ1v) is 10.5. The molecule has 0 aliphatic carbocycles. The highest BCUT2D eigenvalue weighted by Gasteiger charge is 2.40. The number of nitrogen functional groups attached to an aromatic ring is 1. The SMILES string of the molecule is CSc1cccc(C(O)C(=O)N2CCC2C(=O)NCc2ccc(C(=N)N)cc2)c1. The lowest BCUT2D eigenvalue weighted by Crippen LogP contribution is -2.59. The third-order valence-corrected chi connectivity index (χ3v) is 5.71. The van der Waals surface area contributed by atoms with E-state index >= 15 is 0 Å². The Morgan fingerprint density at radius 2 is 2.03 bits per heavy atom. The predicted octanol–water partition coefficient (Wildman–Crippen LogP) is 1.64. The smallest absolute Gasteiger partial charge is 0.256 e. The average molecular weight is 413 g/mol. The summed E-state index contributed by atoms with van der Waals surface area (Å²) >= 11 is 1.53. The van der Waals surface area contributed by atoms with Crippen molar-refractivity contribution >= 4 is 29.4 Å². The Balaban J connectivity index is 1.57. The number of likely N-dealkylation sites (tertiary alicyclic amines) is 1. The first-order chi connectivity index (χ1) is 13.9. The molecule has 0 spiro atoms. The Morgan fingerprint density at radius 1 is 1.31 bits per heavy atom. The highest BCUT2D eigenvalue weighted by molar-refractivity contribution is 7.98. The van der Waals surface area contributed by atoms with Gasteiger partial charge in [0.1, 0.15) is 11.9 Å². The summed E-state index contributed by atoms with van der Waals surface area (Å²) in [5.41, 5.74) is 7.45. The number of rotatable bonds is 7. The first-order valence-electron chi connectivity index (χ1n) is 9.24. The summed E-state index contributed by atoms with van der Waals surface area (Å²) in [7, 11) is 0. The molecule has 0 saturated carbocycles. The molecule has 7 nitrogen and oxygen atoms in total. The van der Waals surface area contributed by atoms with E-state index in [2.05, 4.69) is 5.32 Å². The zero-order valence-electron chi connectivity index (χ0n) is 16.1. The molecule has 5 N–H and O–H groups in total. The molecule has 1 aliphatic rings. The Bertz CT molecular complexity index is 916. The van der Waals surface area contributed by atoms with Gasteiger partial charge in [0.05, 0.1) is 0 Å². The summed E-state index contributed by atoms with van der Waals surface area (Å²) in [6.45, 7) is 0.761. The number of carbonyl (C=O) groups is 2. The zero-order chi connectivity index (χ0) is 21.0. The molecule has 1 saturated heterocycles. The zero-order valence-corrected chi connectivity index (χ0v) is 16.9. The maximum atomic E-state index is 12.7. The van der Waals surface area contributed by atoms with Crippen molar-refractivity contribution in [2.45, 2.75) is 30.0 Å². The van der Waals surface area contributed by atoms with Crippen LogP contribution < -0.4 is 11.1 Å². The number of nitrogens with two attached hydrogens (primary N) is 1. The molecule has 152 valence electrons. The predicted molar refractivity (Wildman–Crippen MR) is 113 cm³/mol. The van der Waals surface area contributed by atoms with Crippen LogP contribution >= 0.6 is 11.8 Å². The Hall–Kier alpha value is -2.84. The third kappa shape index (κ3) is 4.78. The van der Waals surface area contributed by atoms with Crippen molar-refractivity contribution in [3.63, 3.8) is 0 Å². The first kappa shape index (κ1) is 20.9. The van der Waals surface area contributed by atoms with E-state index in [0.717, 1.165) is 10.5 Å². The van der Waals surface area contributed by atoms with Gasteiger partial charge in [-0.25, -0.2) is 0 Å². The quantitative estimate of drug-likeness (QED) is 0.313. The maximum Gasteiger partial charge on any atom is 0.256 e. The van der Waals surface area contributed by atoms with Gasteiger partial charge in [0.25, 0.3) is 5.91 Å². The molecule has 0 radical (unpaired) electrons. The van der Waals surface area contributed by atoms with Gasteiger partial charge in [-0.05, 0) is 35.9 Å². The van der Waals surface area contributed by atoms with Crippen molar-refractivity contribution in [2.24, 2.45) is 5.73 Å². The van der Waals surface area contributed by atoms with Gasteiger partial charge in [0.2, 0.25) is 5.91 Å². The number of nitrogens with zero attached hydrogens (tertiary/aromatic N) is 1. The lowest BCUT2D eigenvalue weighted by molar-refractivity contribution is -0.154. The van der Waals surface area contributed by atoms with E-state index in [-0.39, 0.29) is 11.7 Å². The number of hydrogen-bond acceptors (Lipinski definition) is 5. The van der Waals surface area contributed by atoms with Gasteiger partial charge in [0.15, 0.2) is 6.10 Å². The minimum atomic E-state index is -1.28. The summed E-state index contributed by atoms with van der Waals surface area (Å²) in [4.78, 5) is 27.6. The van der Waals surface area contributed by atoms with Crippen molar-refractivity contribution in [1.29, 1.82) is 5.41 Å². The fraction of sp³-hybridized carbons (Fsp3) is 0.286. The Labute approximate surface area is 173 Å². The van der Waals surface area contributed by atoms with Crippen molar-refractivity contribution < 1.29 is 14.7 Å². The second kappa shape index (κ2) is 9.11. The number of aliphatic hydroxyl groups excluding tert-OH is 1. The monoisotopic (exact) mass is 412 g/mol. The molecule has 3 rings (SSSR count). The van der Waals surface area contributed by atoms with Gasteiger partial charge in [-0.3, -0.25) is 15.0 Å². The number of nitrogens with one attached hydrogen (secondary N) is 2. The number of aliphatic hydroxyl groups is 1. The van der Waals surface area contributed by atoms with E-state index in [4.69, 9.17) is 11.1 Å².